The van der Waals surface area contributed by atoms with Gasteiger partial charge in [-0.05, 0) is 51.5 Å². The number of hydrogen-bond donors (Lipinski definition) is 2. The number of aromatic nitrogens is 3. The lowest BCUT2D eigenvalue weighted by Crippen LogP contribution is -2.43. The van der Waals surface area contributed by atoms with Gasteiger partial charge in [-0.3, -0.25) is 4.79 Å². The molecule has 3 aromatic heterocycles. The third-order valence-electron chi connectivity index (χ3n) is 4.31. The van der Waals surface area contributed by atoms with E-state index in [9.17, 15) is 18.0 Å². The second-order valence-corrected chi connectivity index (χ2v) is 8.51. The summed E-state index contributed by atoms with van der Waals surface area (Å²) in [5.41, 5.74) is 7.86. The molecule has 6 nitrogen and oxygen atoms in total. The number of carbonyl (C=O) groups excluding carboxylic acids is 1. The summed E-state index contributed by atoms with van der Waals surface area (Å²) in [4.78, 5) is 20.3. The Bertz CT molecular complexity index is 1130. The maximum atomic E-state index is 12.7. The minimum Gasteiger partial charge on any atom is -0.383 e. The van der Waals surface area contributed by atoms with Crippen LogP contribution in [0, 0.1) is 3.70 Å². The van der Waals surface area contributed by atoms with Crippen LogP contribution in [0.3, 0.4) is 0 Å². The largest absolute Gasteiger partial charge is 0.408 e. The van der Waals surface area contributed by atoms with E-state index in [4.69, 9.17) is 17.3 Å². The zero-order valence-corrected chi connectivity index (χ0v) is 19.4. The molecule has 0 unspecified atom stereocenters. The maximum absolute atomic E-state index is 12.7. The summed E-state index contributed by atoms with van der Waals surface area (Å²) in [6, 6.07) is -0.561. The van der Waals surface area contributed by atoms with E-state index < -0.39 is 18.1 Å². The minimum absolute atomic E-state index is 0.0799. The van der Waals surface area contributed by atoms with E-state index in [0.29, 0.717) is 22.3 Å². The molecule has 0 saturated carbocycles. The summed E-state index contributed by atoms with van der Waals surface area (Å²) in [5, 5.41) is 2.44. The number of fused-ring (bicyclic) bond motifs is 1. The molecule has 3 rings (SSSR count). The molecule has 3 N–H and O–H groups in total. The molecule has 0 fully saturated rings. The van der Waals surface area contributed by atoms with Gasteiger partial charge in [0.1, 0.15) is 17.6 Å². The van der Waals surface area contributed by atoms with Gasteiger partial charge < -0.3 is 15.6 Å². The van der Waals surface area contributed by atoms with E-state index in [1.165, 1.54) is 12.3 Å². The quantitative estimate of drug-likeness (QED) is 0.417. The van der Waals surface area contributed by atoms with Crippen molar-refractivity contribution in [2.45, 2.75) is 19.1 Å². The third kappa shape index (κ3) is 4.04. The molecule has 0 spiro atoms. The maximum Gasteiger partial charge on any atom is 0.408 e. The Morgan fingerprint density at radius 1 is 1.38 bits per heavy atom. The molecule has 0 aliphatic heterocycles. The summed E-state index contributed by atoms with van der Waals surface area (Å²) in [7, 11) is 1.85. The second-order valence-electron chi connectivity index (χ2n) is 6.23. The van der Waals surface area contributed by atoms with E-state index in [1.54, 1.807) is 6.20 Å². The Morgan fingerprint density at radius 3 is 2.62 bits per heavy atom. The number of nitrogens with one attached hydrogen (secondary N) is 1. The van der Waals surface area contributed by atoms with Crippen molar-refractivity contribution >= 4 is 72.7 Å². The molecule has 1 amide bonds. The molecular weight excluding hydrogens is 589 g/mol. The highest BCUT2D eigenvalue weighted by Crippen LogP contribution is 2.41. The lowest BCUT2D eigenvalue weighted by atomic mass is 10.1. The van der Waals surface area contributed by atoms with Crippen LogP contribution in [-0.4, -0.2) is 32.7 Å². The average molecular weight is 603 g/mol. The van der Waals surface area contributed by atoms with Crippen molar-refractivity contribution in [3.05, 3.63) is 37.3 Å². The molecule has 0 radical (unpaired) electrons. The summed E-state index contributed by atoms with van der Waals surface area (Å²) < 4.78 is 41.5. The Morgan fingerprint density at radius 2 is 2.03 bits per heavy atom. The summed E-state index contributed by atoms with van der Waals surface area (Å²) >= 11 is 11.8. The van der Waals surface area contributed by atoms with E-state index >= 15 is 0 Å². The first-order chi connectivity index (χ1) is 13.4. The molecular formula is C17H13BrClF3IN5O. The highest BCUT2D eigenvalue weighted by atomic mass is 127. The Kier molecular flexibility index (Phi) is 6.03. The van der Waals surface area contributed by atoms with Crippen molar-refractivity contribution in [2.75, 3.05) is 5.73 Å². The van der Waals surface area contributed by atoms with Crippen molar-refractivity contribution in [1.82, 2.24) is 19.9 Å². The van der Waals surface area contributed by atoms with Crippen LogP contribution >= 0.6 is 50.1 Å². The first kappa shape index (κ1) is 22.1. The molecule has 29 heavy (non-hydrogen) atoms. The molecule has 3 aromatic rings. The van der Waals surface area contributed by atoms with Crippen LogP contribution in [-0.2, 0) is 7.05 Å². The van der Waals surface area contributed by atoms with Gasteiger partial charge in [-0.15, -0.1) is 0 Å². The van der Waals surface area contributed by atoms with Gasteiger partial charge in [-0.25, -0.2) is 9.97 Å². The third-order valence-corrected chi connectivity index (χ3v) is 6.44. The predicted molar refractivity (Wildman–Crippen MR) is 117 cm³/mol. The summed E-state index contributed by atoms with van der Waals surface area (Å²) in [6.45, 7) is 0.840. The molecule has 0 bridgehead atoms. The van der Waals surface area contributed by atoms with E-state index in [-0.39, 0.29) is 10.7 Å². The van der Waals surface area contributed by atoms with Gasteiger partial charge in [0, 0.05) is 30.6 Å². The highest BCUT2D eigenvalue weighted by molar-refractivity contribution is 14.1. The predicted octanol–water partition coefficient (Wildman–Crippen LogP) is 4.92. The Labute approximate surface area is 190 Å². The first-order valence-electron chi connectivity index (χ1n) is 8.04. The highest BCUT2D eigenvalue weighted by Gasteiger charge is 2.37. The summed E-state index contributed by atoms with van der Waals surface area (Å²) in [6.07, 6.45) is -1.60. The standard InChI is InChI=1S/C17H13BrClF3IN5O/c1-6(17(20,21)22)27-16(29)12-9(19)3-7(4-25-12)10-11-13(28(2)14(10)23)8(18)5-26-15(11)24/h3-6H,1-2H3,(H2,24,26)(H,27,29)/t6-/m1/s1. The van der Waals surface area contributed by atoms with Gasteiger partial charge in [-0.2, -0.15) is 13.2 Å². The Hall–Kier alpha value is -1.60. The number of nitrogens with two attached hydrogens (primary N) is 1. The molecule has 0 aliphatic carbocycles. The van der Waals surface area contributed by atoms with Gasteiger partial charge in [-0.1, -0.05) is 11.6 Å². The molecule has 0 saturated heterocycles. The van der Waals surface area contributed by atoms with Gasteiger partial charge in [0.25, 0.3) is 5.91 Å². The number of nitrogen functional groups attached to an aromatic ring is 1. The van der Waals surface area contributed by atoms with Crippen molar-refractivity contribution in [2.24, 2.45) is 7.05 Å². The van der Waals surface area contributed by atoms with Gasteiger partial charge >= 0.3 is 6.18 Å². The van der Waals surface area contributed by atoms with E-state index in [0.717, 1.165) is 20.6 Å². The average Bonchev–Trinajstić information content (AvgIpc) is 2.89. The number of rotatable bonds is 3. The topological polar surface area (TPSA) is 85.8 Å². The molecule has 3 heterocycles. The number of alkyl halides is 3. The van der Waals surface area contributed by atoms with Crippen molar-refractivity contribution in [1.29, 1.82) is 0 Å². The van der Waals surface area contributed by atoms with Crippen LogP contribution in [0.15, 0.2) is 22.9 Å². The lowest BCUT2D eigenvalue weighted by Gasteiger charge is -2.17. The van der Waals surface area contributed by atoms with Gasteiger partial charge in [0.05, 0.1) is 24.1 Å². The molecule has 154 valence electrons. The zero-order chi connectivity index (χ0) is 21.7. The van der Waals surface area contributed by atoms with Crippen LogP contribution in [0.2, 0.25) is 5.02 Å². The SMILES string of the molecule is C[C@@H](NC(=O)c1ncc(-c2c(I)n(C)c3c(Br)cnc(N)c23)cc1Cl)C(F)(F)F. The monoisotopic (exact) mass is 601 g/mol. The second kappa shape index (κ2) is 7.91. The lowest BCUT2D eigenvalue weighted by molar-refractivity contribution is -0.149. The zero-order valence-electron chi connectivity index (χ0n) is 14.9. The van der Waals surface area contributed by atoms with Crippen LogP contribution in [0.5, 0.6) is 0 Å². The number of carbonyl (C=O) groups is 1. The number of halogens is 6. The fourth-order valence-electron chi connectivity index (χ4n) is 2.79. The molecule has 1 atom stereocenters. The van der Waals surface area contributed by atoms with Crippen LogP contribution in [0.4, 0.5) is 19.0 Å². The molecule has 0 aliphatic rings. The first-order valence-corrected chi connectivity index (χ1v) is 10.3. The smallest absolute Gasteiger partial charge is 0.383 e. The number of amides is 1. The van der Waals surface area contributed by atoms with Crippen LogP contribution in [0.25, 0.3) is 22.0 Å². The normalized spacial score (nSPS) is 13.0. The fourth-order valence-corrected chi connectivity index (χ4v) is 4.43. The van der Waals surface area contributed by atoms with Crippen molar-refractivity contribution < 1.29 is 18.0 Å². The van der Waals surface area contributed by atoms with E-state index in [2.05, 4.69) is 48.5 Å². The fraction of sp³-hybridized carbons (Fsp3) is 0.235. The number of aryl methyl sites for hydroxylation is 1. The van der Waals surface area contributed by atoms with Crippen molar-refractivity contribution in [3.63, 3.8) is 0 Å². The van der Waals surface area contributed by atoms with Gasteiger partial charge in [0.2, 0.25) is 0 Å². The Balaban J connectivity index is 2.07. The van der Waals surface area contributed by atoms with Crippen molar-refractivity contribution in [3.8, 4) is 11.1 Å². The molecule has 12 heteroatoms. The number of pyridine rings is 2. The van der Waals surface area contributed by atoms with E-state index in [1.807, 2.05) is 16.9 Å². The summed E-state index contributed by atoms with van der Waals surface area (Å²) in [5.74, 6) is -0.712. The number of hydrogen-bond acceptors (Lipinski definition) is 4. The number of anilines is 1. The number of nitrogens with zero attached hydrogens (tertiary/aromatic N) is 3. The minimum atomic E-state index is -4.57. The van der Waals surface area contributed by atoms with Crippen LogP contribution in [0.1, 0.15) is 17.4 Å². The molecule has 0 aromatic carbocycles. The van der Waals surface area contributed by atoms with Crippen LogP contribution < -0.4 is 11.1 Å². The van der Waals surface area contributed by atoms with Gasteiger partial charge in [0.15, 0.2) is 0 Å².